The highest BCUT2D eigenvalue weighted by atomic mass is 16.3. The first-order valence-corrected chi connectivity index (χ1v) is 7.86. The van der Waals surface area contributed by atoms with E-state index >= 15 is 0 Å². The van der Waals surface area contributed by atoms with Crippen LogP contribution in [0.15, 0.2) is 60.7 Å². The summed E-state index contributed by atoms with van der Waals surface area (Å²) in [5.41, 5.74) is 3.01. The van der Waals surface area contributed by atoms with Crippen LogP contribution >= 0.6 is 0 Å². The number of hydrogen-bond donors (Lipinski definition) is 2. The Morgan fingerprint density at radius 1 is 1.09 bits per heavy atom. The Bertz CT molecular complexity index is 642. The third kappa shape index (κ3) is 5.71. The SMILES string of the molecule is N#Cc1ccc(/C=C/CNCC(CCO)c2ccccc2)cc1. The molecule has 1 atom stereocenters. The summed E-state index contributed by atoms with van der Waals surface area (Å²) in [5, 5.41) is 21.4. The van der Waals surface area contributed by atoms with E-state index in [1.807, 2.05) is 48.5 Å². The minimum Gasteiger partial charge on any atom is -0.396 e. The molecule has 0 bridgehead atoms. The molecule has 1 unspecified atom stereocenters. The van der Waals surface area contributed by atoms with Crippen LogP contribution < -0.4 is 5.32 Å². The van der Waals surface area contributed by atoms with Crippen molar-refractivity contribution in [2.75, 3.05) is 19.7 Å². The van der Waals surface area contributed by atoms with Crippen molar-refractivity contribution >= 4 is 6.08 Å². The summed E-state index contributed by atoms with van der Waals surface area (Å²) < 4.78 is 0. The molecule has 2 rings (SSSR count). The van der Waals surface area contributed by atoms with Crippen molar-refractivity contribution in [3.8, 4) is 6.07 Å². The van der Waals surface area contributed by atoms with Crippen LogP contribution in [-0.2, 0) is 0 Å². The second-order valence-corrected chi connectivity index (χ2v) is 5.41. The fourth-order valence-corrected chi connectivity index (χ4v) is 2.47. The van der Waals surface area contributed by atoms with Gasteiger partial charge in [-0.1, -0.05) is 54.6 Å². The normalized spacial score (nSPS) is 12.2. The number of nitrogens with zero attached hydrogens (tertiary/aromatic N) is 1. The molecule has 0 amide bonds. The molecule has 0 aromatic heterocycles. The summed E-state index contributed by atoms with van der Waals surface area (Å²) >= 11 is 0. The second-order valence-electron chi connectivity index (χ2n) is 5.41. The van der Waals surface area contributed by atoms with Crippen molar-refractivity contribution in [2.45, 2.75) is 12.3 Å². The molecule has 0 aliphatic carbocycles. The van der Waals surface area contributed by atoms with Crippen LogP contribution in [0.2, 0.25) is 0 Å². The molecule has 0 saturated heterocycles. The van der Waals surface area contributed by atoms with Crippen LogP contribution in [0.25, 0.3) is 6.08 Å². The lowest BCUT2D eigenvalue weighted by molar-refractivity contribution is 0.274. The maximum atomic E-state index is 9.23. The molecular weight excluding hydrogens is 284 g/mol. The zero-order chi connectivity index (χ0) is 16.3. The van der Waals surface area contributed by atoms with Gasteiger partial charge < -0.3 is 10.4 Å². The summed E-state index contributed by atoms with van der Waals surface area (Å²) in [6, 6.07) is 19.9. The third-order valence-electron chi connectivity index (χ3n) is 3.75. The van der Waals surface area contributed by atoms with Crippen LogP contribution in [0.5, 0.6) is 0 Å². The Morgan fingerprint density at radius 3 is 2.48 bits per heavy atom. The minimum atomic E-state index is 0.197. The van der Waals surface area contributed by atoms with Gasteiger partial charge in [0.25, 0.3) is 0 Å². The molecule has 0 heterocycles. The molecule has 3 heteroatoms. The average molecular weight is 306 g/mol. The van der Waals surface area contributed by atoms with Crippen molar-refractivity contribution in [1.29, 1.82) is 5.26 Å². The number of rotatable bonds is 8. The van der Waals surface area contributed by atoms with Gasteiger partial charge in [0.05, 0.1) is 11.6 Å². The first-order chi connectivity index (χ1) is 11.3. The standard InChI is InChI=1S/C20H22N2O/c21-15-18-10-8-17(9-11-18)5-4-13-22-16-20(12-14-23)19-6-2-1-3-7-19/h1-11,20,22-23H,12-14,16H2/b5-4+. The fraction of sp³-hybridized carbons (Fsp3) is 0.250. The summed E-state index contributed by atoms with van der Waals surface area (Å²) in [6.07, 6.45) is 4.87. The summed E-state index contributed by atoms with van der Waals surface area (Å²) in [7, 11) is 0. The Hall–Kier alpha value is -2.41. The highest BCUT2D eigenvalue weighted by Gasteiger charge is 2.09. The number of nitriles is 1. The highest BCUT2D eigenvalue weighted by molar-refractivity contribution is 5.51. The lowest BCUT2D eigenvalue weighted by Gasteiger charge is -2.16. The van der Waals surface area contributed by atoms with E-state index in [1.165, 1.54) is 5.56 Å². The van der Waals surface area contributed by atoms with E-state index in [9.17, 15) is 5.11 Å². The molecule has 23 heavy (non-hydrogen) atoms. The molecule has 0 fully saturated rings. The Labute approximate surface area is 137 Å². The van der Waals surface area contributed by atoms with Crippen LogP contribution in [0.3, 0.4) is 0 Å². The van der Waals surface area contributed by atoms with E-state index in [2.05, 4.69) is 29.6 Å². The van der Waals surface area contributed by atoms with Crippen LogP contribution in [0.4, 0.5) is 0 Å². The minimum absolute atomic E-state index is 0.197. The van der Waals surface area contributed by atoms with E-state index in [-0.39, 0.29) is 6.61 Å². The van der Waals surface area contributed by atoms with Gasteiger partial charge in [-0.15, -0.1) is 0 Å². The van der Waals surface area contributed by atoms with Gasteiger partial charge in [0.2, 0.25) is 0 Å². The van der Waals surface area contributed by atoms with Crippen LogP contribution in [0, 0.1) is 11.3 Å². The molecule has 0 spiro atoms. The van der Waals surface area contributed by atoms with E-state index in [0.29, 0.717) is 11.5 Å². The molecule has 2 aromatic carbocycles. The Balaban J connectivity index is 1.80. The predicted octanol–water partition coefficient (Wildman–Crippen LogP) is 3.33. The summed E-state index contributed by atoms with van der Waals surface area (Å²) in [6.45, 7) is 1.80. The molecule has 0 saturated carbocycles. The first kappa shape index (κ1) is 17.0. The average Bonchev–Trinajstić information content (AvgIpc) is 2.62. The topological polar surface area (TPSA) is 56.0 Å². The number of nitrogens with one attached hydrogen (secondary N) is 1. The Morgan fingerprint density at radius 2 is 1.83 bits per heavy atom. The van der Waals surface area contributed by atoms with Crippen molar-refractivity contribution in [3.63, 3.8) is 0 Å². The number of aliphatic hydroxyl groups excluding tert-OH is 1. The van der Waals surface area contributed by atoms with Gasteiger partial charge in [-0.05, 0) is 35.6 Å². The monoisotopic (exact) mass is 306 g/mol. The molecular formula is C20H22N2O. The fourth-order valence-electron chi connectivity index (χ4n) is 2.47. The largest absolute Gasteiger partial charge is 0.396 e. The lowest BCUT2D eigenvalue weighted by Crippen LogP contribution is -2.22. The van der Waals surface area contributed by atoms with Gasteiger partial charge in [-0.2, -0.15) is 5.26 Å². The molecule has 0 aliphatic rings. The number of benzene rings is 2. The van der Waals surface area contributed by atoms with E-state index < -0.39 is 0 Å². The van der Waals surface area contributed by atoms with Gasteiger partial charge in [0, 0.05) is 19.7 Å². The van der Waals surface area contributed by atoms with Gasteiger partial charge in [0.15, 0.2) is 0 Å². The van der Waals surface area contributed by atoms with Gasteiger partial charge >= 0.3 is 0 Å². The maximum absolute atomic E-state index is 9.23. The summed E-state index contributed by atoms with van der Waals surface area (Å²) in [4.78, 5) is 0. The first-order valence-electron chi connectivity index (χ1n) is 7.86. The van der Waals surface area contributed by atoms with E-state index in [1.54, 1.807) is 0 Å². The zero-order valence-corrected chi connectivity index (χ0v) is 13.2. The number of aliphatic hydroxyl groups is 1. The van der Waals surface area contributed by atoms with Crippen molar-refractivity contribution in [1.82, 2.24) is 5.32 Å². The maximum Gasteiger partial charge on any atom is 0.0991 e. The van der Waals surface area contributed by atoms with Gasteiger partial charge in [0.1, 0.15) is 0 Å². The number of hydrogen-bond acceptors (Lipinski definition) is 3. The molecule has 0 radical (unpaired) electrons. The third-order valence-corrected chi connectivity index (χ3v) is 3.75. The smallest absolute Gasteiger partial charge is 0.0991 e. The summed E-state index contributed by atoms with van der Waals surface area (Å²) in [5.74, 6) is 0.324. The van der Waals surface area contributed by atoms with Crippen molar-refractivity contribution in [2.24, 2.45) is 0 Å². The zero-order valence-electron chi connectivity index (χ0n) is 13.2. The van der Waals surface area contributed by atoms with Crippen LogP contribution in [0.1, 0.15) is 29.0 Å². The highest BCUT2D eigenvalue weighted by Crippen LogP contribution is 2.18. The van der Waals surface area contributed by atoms with Crippen LogP contribution in [-0.4, -0.2) is 24.8 Å². The second kappa shape index (κ2) is 9.58. The van der Waals surface area contributed by atoms with E-state index in [0.717, 1.165) is 25.1 Å². The molecule has 2 N–H and O–H groups in total. The molecule has 0 aliphatic heterocycles. The molecule has 118 valence electrons. The van der Waals surface area contributed by atoms with Crippen molar-refractivity contribution < 1.29 is 5.11 Å². The van der Waals surface area contributed by atoms with Gasteiger partial charge in [-0.25, -0.2) is 0 Å². The molecule has 2 aromatic rings. The lowest BCUT2D eigenvalue weighted by atomic mass is 9.96. The Kier molecular flexibility index (Phi) is 7.06. The molecule has 3 nitrogen and oxygen atoms in total. The quantitative estimate of drug-likeness (QED) is 0.736. The van der Waals surface area contributed by atoms with Gasteiger partial charge in [-0.3, -0.25) is 0 Å². The predicted molar refractivity (Wildman–Crippen MR) is 93.9 cm³/mol. The van der Waals surface area contributed by atoms with E-state index in [4.69, 9.17) is 5.26 Å². The van der Waals surface area contributed by atoms with Crippen molar-refractivity contribution in [3.05, 3.63) is 77.4 Å².